The second-order valence-corrected chi connectivity index (χ2v) is 25.2. The van der Waals surface area contributed by atoms with Gasteiger partial charge in [0.1, 0.15) is 0 Å². The van der Waals surface area contributed by atoms with Crippen molar-refractivity contribution in [3.05, 3.63) is 204 Å². The summed E-state index contributed by atoms with van der Waals surface area (Å²) in [6.07, 6.45) is 0. The molecule has 0 saturated carbocycles. The van der Waals surface area contributed by atoms with Crippen LogP contribution in [0.2, 0.25) is 0 Å². The predicted octanol–water partition coefficient (Wildman–Crippen LogP) is 20.1. The van der Waals surface area contributed by atoms with E-state index >= 15 is 0 Å². The quantitative estimate of drug-likeness (QED) is 0.165. The molecule has 0 bridgehead atoms. The number of benzene rings is 9. The third-order valence-corrected chi connectivity index (χ3v) is 16.2. The van der Waals surface area contributed by atoms with Gasteiger partial charge in [0.05, 0.1) is 33.1 Å². The summed E-state index contributed by atoms with van der Waals surface area (Å²) in [5.74, 6) is 0. The lowest BCUT2D eigenvalue weighted by Gasteiger charge is -2.28. The third-order valence-electron chi connectivity index (χ3n) is 16.2. The van der Waals surface area contributed by atoms with Crippen molar-refractivity contribution in [1.29, 1.82) is 0 Å². The summed E-state index contributed by atoms with van der Waals surface area (Å²) in [5, 5.41) is 10.3. The number of para-hydroxylation sites is 2. The normalized spacial score (nSPS) is 13.1. The summed E-state index contributed by atoms with van der Waals surface area (Å²) in [5.41, 5.74) is 19.8. The first-order valence-corrected chi connectivity index (χ1v) is 26.6. The topological polar surface area (TPSA) is 15.3 Å². The Morgan fingerprint density at radius 3 is 0.770 bits per heavy atom. The van der Waals surface area contributed by atoms with Gasteiger partial charge in [-0.1, -0.05) is 180 Å². The van der Waals surface area contributed by atoms with Gasteiger partial charge in [-0.2, -0.15) is 0 Å². The molecule has 0 N–H and O–H groups in total. The standard InChI is InChI=1S/C70H66N4/c1-67(2,3)43-21-29-47(30-22-43)71(48-31-23-44(24-32-48)68(4,5)6)51-37-39-55-59(41-51)73-57-19-15-13-17-53(57)62-64-56-40-38-52(42-60(56)74-58-20-16-14-18-54(58)61(66(64)74)63(55)65(62)73)72(49-33-25-45(26-34-49)69(7,8)9)50-35-27-46(28-36-50)70(10,11)12/h13-42H,1-12H3. The van der Waals surface area contributed by atoms with Crippen LogP contribution < -0.4 is 9.80 Å². The van der Waals surface area contributed by atoms with E-state index in [1.54, 1.807) is 0 Å². The van der Waals surface area contributed by atoms with E-state index in [4.69, 9.17) is 0 Å². The first-order chi connectivity index (χ1) is 35.3. The van der Waals surface area contributed by atoms with Crippen molar-refractivity contribution in [2.24, 2.45) is 0 Å². The summed E-state index contributed by atoms with van der Waals surface area (Å²) in [4.78, 5) is 4.88. The van der Waals surface area contributed by atoms with Gasteiger partial charge in [0.2, 0.25) is 0 Å². The largest absolute Gasteiger partial charge is 0.310 e. The monoisotopic (exact) mass is 963 g/mol. The number of hydrogen-bond donors (Lipinski definition) is 0. The van der Waals surface area contributed by atoms with Gasteiger partial charge in [-0.05, 0) is 129 Å². The maximum atomic E-state index is 2.58. The molecule has 0 unspecified atom stereocenters. The van der Waals surface area contributed by atoms with Gasteiger partial charge >= 0.3 is 0 Å². The second-order valence-electron chi connectivity index (χ2n) is 25.2. The van der Waals surface area contributed by atoms with Crippen molar-refractivity contribution in [3.8, 4) is 0 Å². The molecular formula is C70H66N4. The van der Waals surface area contributed by atoms with Gasteiger partial charge in [-0.15, -0.1) is 0 Å². The first kappa shape index (κ1) is 46.0. The van der Waals surface area contributed by atoms with E-state index in [1.807, 2.05) is 0 Å². The molecule has 0 spiro atoms. The Morgan fingerprint density at radius 2 is 0.500 bits per heavy atom. The molecule has 366 valence electrons. The lowest BCUT2D eigenvalue weighted by molar-refractivity contribution is 0.590. The fourth-order valence-corrected chi connectivity index (χ4v) is 12.2. The smallest absolute Gasteiger partial charge is 0.0634 e. The van der Waals surface area contributed by atoms with Crippen molar-refractivity contribution in [2.45, 2.75) is 105 Å². The van der Waals surface area contributed by atoms with E-state index in [0.717, 1.165) is 34.1 Å². The molecule has 0 saturated heterocycles. The zero-order chi connectivity index (χ0) is 51.4. The molecule has 0 aliphatic heterocycles. The summed E-state index contributed by atoms with van der Waals surface area (Å²) in [6, 6.07) is 69.4. The molecule has 0 atom stereocenters. The fraction of sp³-hybridized carbons (Fsp3) is 0.229. The molecule has 9 aromatic carbocycles. The van der Waals surface area contributed by atoms with Crippen LogP contribution in [0, 0.1) is 0 Å². The number of aromatic nitrogens is 2. The van der Waals surface area contributed by atoms with E-state index in [-0.39, 0.29) is 21.7 Å². The van der Waals surface area contributed by atoms with Crippen LogP contribution in [0.1, 0.15) is 105 Å². The molecule has 0 radical (unpaired) electrons. The zero-order valence-corrected chi connectivity index (χ0v) is 45.1. The molecule has 4 heteroatoms. The average molecular weight is 963 g/mol. The third kappa shape index (κ3) is 6.94. The maximum Gasteiger partial charge on any atom is 0.0634 e. The Bertz CT molecular complexity index is 3890. The van der Waals surface area contributed by atoms with Crippen LogP contribution in [-0.2, 0) is 21.7 Å². The van der Waals surface area contributed by atoms with E-state index < -0.39 is 0 Å². The van der Waals surface area contributed by atoms with Gasteiger partial charge in [-0.25, -0.2) is 0 Å². The SMILES string of the molecule is CC(C)(C)c1ccc(N(c2ccc(C(C)(C)C)cc2)c2ccc3c4c5c6ccccc6n6c7cc(N(c8ccc(C(C)(C)C)cc8)c8ccc(C(C)(C)C)cc8)ccc7c(c7c8ccccc8n(c3c2)c74)c56)cc1. The van der Waals surface area contributed by atoms with Crippen LogP contribution in [0.15, 0.2) is 182 Å². The van der Waals surface area contributed by atoms with Crippen LogP contribution in [0.25, 0.3) is 76.2 Å². The van der Waals surface area contributed by atoms with Crippen molar-refractivity contribution in [2.75, 3.05) is 9.80 Å². The van der Waals surface area contributed by atoms with Gasteiger partial charge in [-0.3, -0.25) is 0 Å². The van der Waals surface area contributed by atoms with Crippen LogP contribution in [0.4, 0.5) is 34.1 Å². The highest BCUT2D eigenvalue weighted by Gasteiger charge is 2.30. The molecule has 4 heterocycles. The highest BCUT2D eigenvalue weighted by Crippen LogP contribution is 2.53. The number of rotatable bonds is 6. The molecule has 0 amide bonds. The number of hydrogen-bond acceptors (Lipinski definition) is 2. The Hall–Kier alpha value is -7.82. The molecule has 0 aliphatic rings. The van der Waals surface area contributed by atoms with Crippen molar-refractivity contribution < 1.29 is 0 Å². The van der Waals surface area contributed by atoms with E-state index in [0.29, 0.717) is 0 Å². The lowest BCUT2D eigenvalue weighted by atomic mass is 9.86. The molecule has 13 aromatic rings. The van der Waals surface area contributed by atoms with Gasteiger partial charge in [0.25, 0.3) is 0 Å². The molecule has 13 rings (SSSR count). The minimum absolute atomic E-state index is 0.0504. The minimum Gasteiger partial charge on any atom is -0.310 e. The highest BCUT2D eigenvalue weighted by molar-refractivity contribution is 6.45. The fourth-order valence-electron chi connectivity index (χ4n) is 12.2. The second kappa shape index (κ2) is 15.8. The Morgan fingerprint density at radius 1 is 0.257 bits per heavy atom. The summed E-state index contributed by atoms with van der Waals surface area (Å²) in [6.45, 7) is 27.4. The molecule has 74 heavy (non-hydrogen) atoms. The Labute approximate surface area is 435 Å². The van der Waals surface area contributed by atoms with Gasteiger partial charge in [0, 0.05) is 77.2 Å². The lowest BCUT2D eigenvalue weighted by Crippen LogP contribution is -2.14. The molecule has 4 nitrogen and oxygen atoms in total. The van der Waals surface area contributed by atoms with E-state index in [9.17, 15) is 0 Å². The van der Waals surface area contributed by atoms with Crippen molar-refractivity contribution in [3.63, 3.8) is 0 Å². The molecular weight excluding hydrogens is 897 g/mol. The van der Waals surface area contributed by atoms with E-state index in [1.165, 1.54) is 98.4 Å². The maximum absolute atomic E-state index is 2.58. The predicted molar refractivity (Wildman–Crippen MR) is 320 cm³/mol. The van der Waals surface area contributed by atoms with Crippen LogP contribution >= 0.6 is 0 Å². The van der Waals surface area contributed by atoms with Crippen molar-refractivity contribution >= 4 is 110 Å². The number of nitrogens with zero attached hydrogens (tertiary/aromatic N) is 4. The van der Waals surface area contributed by atoms with E-state index in [2.05, 4.69) is 284 Å². The first-order valence-electron chi connectivity index (χ1n) is 26.6. The Kier molecular flexibility index (Phi) is 9.85. The van der Waals surface area contributed by atoms with Gasteiger partial charge < -0.3 is 18.6 Å². The van der Waals surface area contributed by atoms with Crippen LogP contribution in [0.5, 0.6) is 0 Å². The zero-order valence-electron chi connectivity index (χ0n) is 45.1. The van der Waals surface area contributed by atoms with Crippen LogP contribution in [-0.4, -0.2) is 8.80 Å². The Balaban J connectivity index is 1.08. The van der Waals surface area contributed by atoms with Crippen LogP contribution in [0.3, 0.4) is 0 Å². The van der Waals surface area contributed by atoms with Gasteiger partial charge in [0.15, 0.2) is 0 Å². The summed E-state index contributed by atoms with van der Waals surface area (Å²) >= 11 is 0. The number of fused-ring (bicyclic) bond motifs is 14. The average Bonchev–Trinajstić information content (AvgIpc) is 4.18. The summed E-state index contributed by atoms with van der Waals surface area (Å²) < 4.78 is 5.17. The molecule has 0 fully saturated rings. The highest BCUT2D eigenvalue weighted by atomic mass is 15.1. The molecule has 4 aromatic heterocycles. The van der Waals surface area contributed by atoms with Crippen molar-refractivity contribution in [1.82, 2.24) is 8.80 Å². The minimum atomic E-state index is 0.0504. The summed E-state index contributed by atoms with van der Waals surface area (Å²) in [7, 11) is 0. The number of anilines is 6. The molecule has 0 aliphatic carbocycles.